The summed E-state index contributed by atoms with van der Waals surface area (Å²) in [5.74, 6) is -0.0980. The molecule has 0 saturated carbocycles. The van der Waals surface area contributed by atoms with E-state index in [-0.39, 0.29) is 22.0 Å². The van der Waals surface area contributed by atoms with Gasteiger partial charge >= 0.3 is 4.87 Å². The number of carbonyl (C=O) groups is 1. The van der Waals surface area contributed by atoms with Crippen LogP contribution in [-0.2, 0) is 21.4 Å². The number of aromatic nitrogens is 1. The van der Waals surface area contributed by atoms with Crippen molar-refractivity contribution in [1.82, 2.24) is 4.57 Å². The van der Waals surface area contributed by atoms with Gasteiger partial charge in [-0.15, -0.1) is 0 Å². The van der Waals surface area contributed by atoms with Crippen LogP contribution in [0.5, 0.6) is 5.75 Å². The largest absolute Gasteiger partial charge is 0.495 e. The predicted octanol–water partition coefficient (Wildman–Crippen LogP) is 3.93. The van der Waals surface area contributed by atoms with Crippen LogP contribution in [0.1, 0.15) is 20.3 Å². The van der Waals surface area contributed by atoms with E-state index in [2.05, 4.69) is 5.32 Å². The maximum absolute atomic E-state index is 13.1. The molecule has 3 aromatic rings. The standard InChI is InChI=1S/C21H24ClN3O5S2/c1-5-16(25(32(4,28)29)14-8-10-18(30-3)15(22)12-14)20(26)23-13-7-9-17-19(11-13)31-21(27)24(17)6-2/h7-12,16H,5-6H2,1-4H3,(H,23,26)/t16-/m1/s1. The molecule has 3 rings (SSSR count). The third-order valence-corrected chi connectivity index (χ3v) is 7.39. The number of halogens is 1. The van der Waals surface area contributed by atoms with Gasteiger partial charge in [0.05, 0.1) is 34.3 Å². The molecule has 1 heterocycles. The summed E-state index contributed by atoms with van der Waals surface area (Å²) in [5.41, 5.74) is 1.53. The summed E-state index contributed by atoms with van der Waals surface area (Å²) in [7, 11) is -2.35. The molecule has 1 amide bonds. The Hall–Kier alpha value is -2.56. The number of sulfonamides is 1. The first-order valence-electron chi connectivity index (χ1n) is 9.87. The van der Waals surface area contributed by atoms with Gasteiger partial charge in [0.2, 0.25) is 15.9 Å². The number of methoxy groups -OCH3 is 1. The average Bonchev–Trinajstić information content (AvgIpc) is 3.04. The van der Waals surface area contributed by atoms with E-state index in [9.17, 15) is 18.0 Å². The molecule has 8 nitrogen and oxygen atoms in total. The van der Waals surface area contributed by atoms with Gasteiger partial charge in [-0.25, -0.2) is 8.42 Å². The van der Waals surface area contributed by atoms with Gasteiger partial charge in [-0.2, -0.15) is 0 Å². The second kappa shape index (κ2) is 9.51. The molecule has 0 aliphatic heterocycles. The van der Waals surface area contributed by atoms with Gasteiger partial charge < -0.3 is 10.1 Å². The van der Waals surface area contributed by atoms with Crippen molar-refractivity contribution in [3.8, 4) is 5.75 Å². The number of rotatable bonds is 8. The fraction of sp³-hybridized carbons (Fsp3) is 0.333. The number of anilines is 2. The SMILES string of the molecule is CC[C@H](C(=O)Nc1ccc2c(c1)sc(=O)n2CC)N(c1ccc(OC)c(Cl)c1)S(C)(=O)=O. The Labute approximate surface area is 195 Å². The zero-order valence-electron chi connectivity index (χ0n) is 18.1. The molecule has 0 aliphatic rings. The summed E-state index contributed by atoms with van der Waals surface area (Å²) in [6.07, 6.45) is 1.27. The lowest BCUT2D eigenvalue weighted by Gasteiger charge is -2.30. The normalized spacial score (nSPS) is 12.5. The van der Waals surface area contributed by atoms with Crippen LogP contribution >= 0.6 is 22.9 Å². The van der Waals surface area contributed by atoms with Crippen molar-refractivity contribution >= 4 is 60.5 Å². The lowest BCUT2D eigenvalue weighted by molar-refractivity contribution is -0.117. The smallest absolute Gasteiger partial charge is 0.308 e. The molecule has 11 heteroatoms. The van der Waals surface area contributed by atoms with Crippen molar-refractivity contribution in [2.24, 2.45) is 0 Å². The highest BCUT2D eigenvalue weighted by atomic mass is 35.5. The van der Waals surface area contributed by atoms with E-state index < -0.39 is 22.0 Å². The summed E-state index contributed by atoms with van der Waals surface area (Å²) in [4.78, 5) is 25.2. The highest BCUT2D eigenvalue weighted by Crippen LogP contribution is 2.32. The van der Waals surface area contributed by atoms with Crippen LogP contribution in [0.3, 0.4) is 0 Å². The Morgan fingerprint density at radius 3 is 2.53 bits per heavy atom. The molecule has 32 heavy (non-hydrogen) atoms. The zero-order valence-corrected chi connectivity index (χ0v) is 20.5. The Morgan fingerprint density at radius 2 is 1.97 bits per heavy atom. The van der Waals surface area contributed by atoms with Gasteiger partial charge in [0.25, 0.3) is 0 Å². The lowest BCUT2D eigenvalue weighted by Crippen LogP contribution is -2.47. The van der Waals surface area contributed by atoms with Gasteiger partial charge in [0.15, 0.2) is 0 Å². The van der Waals surface area contributed by atoms with Crippen molar-refractivity contribution in [3.05, 3.63) is 51.1 Å². The van der Waals surface area contributed by atoms with E-state index in [1.165, 1.54) is 13.2 Å². The van der Waals surface area contributed by atoms with E-state index in [1.807, 2.05) is 6.92 Å². The first-order chi connectivity index (χ1) is 15.1. The van der Waals surface area contributed by atoms with Crippen LogP contribution in [0.15, 0.2) is 41.2 Å². The van der Waals surface area contributed by atoms with Crippen LogP contribution in [0.2, 0.25) is 5.02 Å². The van der Waals surface area contributed by atoms with Crippen molar-refractivity contribution in [1.29, 1.82) is 0 Å². The third-order valence-electron chi connectivity index (χ3n) is 4.97. The molecule has 0 aliphatic carbocycles. The summed E-state index contributed by atoms with van der Waals surface area (Å²) >= 11 is 7.28. The van der Waals surface area contributed by atoms with Gasteiger partial charge in [0, 0.05) is 12.2 Å². The average molecular weight is 498 g/mol. The minimum Gasteiger partial charge on any atom is -0.495 e. The number of hydrogen-bond donors (Lipinski definition) is 1. The predicted molar refractivity (Wildman–Crippen MR) is 130 cm³/mol. The van der Waals surface area contributed by atoms with Gasteiger partial charge in [-0.05, 0) is 49.7 Å². The molecule has 0 fully saturated rings. The Morgan fingerprint density at radius 1 is 1.25 bits per heavy atom. The summed E-state index contributed by atoms with van der Waals surface area (Å²) in [5, 5.41) is 3.02. The number of fused-ring (bicyclic) bond motifs is 1. The monoisotopic (exact) mass is 497 g/mol. The minimum atomic E-state index is -3.81. The van der Waals surface area contributed by atoms with E-state index in [0.29, 0.717) is 18.0 Å². The second-order valence-electron chi connectivity index (χ2n) is 7.09. The molecule has 0 spiro atoms. The van der Waals surface area contributed by atoms with Crippen LogP contribution < -0.4 is 19.2 Å². The van der Waals surface area contributed by atoms with Gasteiger partial charge in [-0.1, -0.05) is 29.9 Å². The van der Waals surface area contributed by atoms with Crippen LogP contribution in [0.25, 0.3) is 10.2 Å². The van der Waals surface area contributed by atoms with E-state index in [4.69, 9.17) is 16.3 Å². The van der Waals surface area contributed by atoms with Crippen molar-refractivity contribution in [2.75, 3.05) is 23.0 Å². The Bertz CT molecular complexity index is 1320. The number of benzene rings is 2. The van der Waals surface area contributed by atoms with Crippen molar-refractivity contribution in [3.63, 3.8) is 0 Å². The van der Waals surface area contributed by atoms with Crippen LogP contribution in [0, 0.1) is 0 Å². The van der Waals surface area contributed by atoms with E-state index in [0.717, 1.165) is 32.1 Å². The maximum atomic E-state index is 13.1. The zero-order chi connectivity index (χ0) is 23.6. The van der Waals surface area contributed by atoms with E-state index in [1.54, 1.807) is 41.8 Å². The molecule has 0 unspecified atom stereocenters. The maximum Gasteiger partial charge on any atom is 0.308 e. The number of carbonyl (C=O) groups excluding carboxylic acids is 1. The fourth-order valence-corrected chi connectivity index (χ4v) is 5.97. The summed E-state index contributed by atoms with van der Waals surface area (Å²) < 4.78 is 33.9. The van der Waals surface area contributed by atoms with Crippen molar-refractivity contribution < 1.29 is 17.9 Å². The number of nitrogens with one attached hydrogen (secondary N) is 1. The summed E-state index contributed by atoms with van der Waals surface area (Å²) in [6, 6.07) is 8.71. The molecule has 2 aromatic carbocycles. The second-order valence-corrected chi connectivity index (χ2v) is 10.3. The molecule has 1 N–H and O–H groups in total. The number of thiazole rings is 1. The van der Waals surface area contributed by atoms with Crippen LogP contribution in [0.4, 0.5) is 11.4 Å². The molecule has 172 valence electrons. The topological polar surface area (TPSA) is 97.7 Å². The van der Waals surface area contributed by atoms with E-state index >= 15 is 0 Å². The molecule has 0 bridgehead atoms. The lowest BCUT2D eigenvalue weighted by atomic mass is 10.1. The van der Waals surface area contributed by atoms with Gasteiger partial charge in [-0.3, -0.25) is 18.5 Å². The molecule has 1 atom stereocenters. The quantitative estimate of drug-likeness (QED) is 0.508. The number of nitrogens with zero attached hydrogens (tertiary/aromatic N) is 2. The third kappa shape index (κ3) is 4.77. The van der Waals surface area contributed by atoms with Gasteiger partial charge in [0.1, 0.15) is 11.8 Å². The molecular formula is C21H24ClN3O5S2. The Balaban J connectivity index is 1.95. The number of hydrogen-bond acceptors (Lipinski definition) is 6. The van der Waals surface area contributed by atoms with Crippen molar-refractivity contribution in [2.45, 2.75) is 32.9 Å². The highest BCUT2D eigenvalue weighted by Gasteiger charge is 2.32. The molecule has 1 aromatic heterocycles. The first-order valence-corrected chi connectivity index (χ1v) is 12.9. The number of ether oxygens (including phenoxy) is 1. The molecular weight excluding hydrogens is 474 g/mol. The van der Waals surface area contributed by atoms with Crippen LogP contribution in [-0.4, -0.2) is 38.3 Å². The molecule has 0 saturated heterocycles. The molecule has 0 radical (unpaired) electrons. The Kier molecular flexibility index (Phi) is 7.16. The number of amides is 1. The fourth-order valence-electron chi connectivity index (χ4n) is 3.52. The highest BCUT2D eigenvalue weighted by molar-refractivity contribution is 7.92. The minimum absolute atomic E-state index is 0.0722. The first kappa shape index (κ1) is 24.1. The summed E-state index contributed by atoms with van der Waals surface area (Å²) in [6.45, 7) is 4.17. The number of aryl methyl sites for hydroxylation is 1.